The number of carbonyl (C=O) groups is 2. The monoisotopic (exact) mass is 168 g/mol. The van der Waals surface area contributed by atoms with Gasteiger partial charge < -0.3 is 0 Å². The van der Waals surface area contributed by atoms with Gasteiger partial charge in [-0.05, 0) is 0 Å². The molecular formula is C7H8N2O3. The van der Waals surface area contributed by atoms with Crippen LogP contribution in [0.15, 0.2) is 0 Å². The molecule has 3 amide bonds. The van der Waals surface area contributed by atoms with Gasteiger partial charge in [0.25, 0.3) is 0 Å². The van der Waals surface area contributed by atoms with Gasteiger partial charge >= 0.3 is 6.03 Å². The van der Waals surface area contributed by atoms with Crippen molar-refractivity contribution in [3.8, 4) is 12.3 Å². The van der Waals surface area contributed by atoms with E-state index in [1.807, 2.05) is 0 Å². The van der Waals surface area contributed by atoms with Gasteiger partial charge in [-0.1, -0.05) is 5.92 Å². The van der Waals surface area contributed by atoms with Crippen LogP contribution in [0.3, 0.4) is 0 Å². The summed E-state index contributed by atoms with van der Waals surface area (Å²) in [6.07, 6.45) is 5.16. The van der Waals surface area contributed by atoms with Crippen LogP contribution in [-0.2, 0) is 9.63 Å². The lowest BCUT2D eigenvalue weighted by Crippen LogP contribution is -2.49. The van der Waals surface area contributed by atoms with Gasteiger partial charge in [-0.3, -0.25) is 14.9 Å². The van der Waals surface area contributed by atoms with E-state index in [4.69, 9.17) is 11.3 Å². The minimum Gasteiger partial charge on any atom is -0.276 e. The second kappa shape index (κ2) is 3.74. The lowest BCUT2D eigenvalue weighted by molar-refractivity contribution is -0.136. The van der Waals surface area contributed by atoms with E-state index < -0.39 is 6.03 Å². The third-order valence-corrected chi connectivity index (χ3v) is 1.32. The number of nitrogens with zero attached hydrogens (tertiary/aromatic N) is 1. The summed E-state index contributed by atoms with van der Waals surface area (Å²) in [7, 11) is 0. The number of urea groups is 1. The Kier molecular flexibility index (Phi) is 2.66. The van der Waals surface area contributed by atoms with Crippen molar-refractivity contribution in [2.75, 3.05) is 13.2 Å². The van der Waals surface area contributed by atoms with Crippen LogP contribution in [0.25, 0.3) is 0 Å². The van der Waals surface area contributed by atoms with E-state index in [0.717, 1.165) is 5.06 Å². The molecule has 0 aliphatic carbocycles. The highest BCUT2D eigenvalue weighted by Gasteiger charge is 2.23. The highest BCUT2D eigenvalue weighted by Crippen LogP contribution is 2.00. The van der Waals surface area contributed by atoms with Crippen LogP contribution in [0.2, 0.25) is 0 Å². The molecule has 1 rings (SSSR count). The van der Waals surface area contributed by atoms with E-state index >= 15 is 0 Å². The SMILES string of the molecule is C#CCON1CCC(=O)NC1=O. The van der Waals surface area contributed by atoms with Crippen molar-refractivity contribution in [3.05, 3.63) is 0 Å². The fourth-order valence-corrected chi connectivity index (χ4v) is 0.787. The summed E-state index contributed by atoms with van der Waals surface area (Å²) in [6, 6.07) is -0.554. The smallest absolute Gasteiger partial charge is 0.276 e. The second-order valence-electron chi connectivity index (χ2n) is 2.18. The molecule has 1 N–H and O–H groups in total. The summed E-state index contributed by atoms with van der Waals surface area (Å²) in [5.74, 6) is 1.93. The van der Waals surface area contributed by atoms with Crippen LogP contribution < -0.4 is 5.32 Å². The Labute approximate surface area is 69.6 Å². The largest absolute Gasteiger partial charge is 0.348 e. The van der Waals surface area contributed by atoms with Crippen molar-refractivity contribution in [2.45, 2.75) is 6.42 Å². The number of amides is 3. The number of hydrogen-bond acceptors (Lipinski definition) is 3. The molecule has 0 atom stereocenters. The van der Waals surface area contributed by atoms with Crippen molar-refractivity contribution in [2.24, 2.45) is 0 Å². The van der Waals surface area contributed by atoms with Crippen LogP contribution >= 0.6 is 0 Å². The standard InChI is InChI=1S/C7H8N2O3/c1-2-5-12-9-4-3-6(10)8-7(9)11/h1H,3-5H2,(H,8,10,11). The maximum atomic E-state index is 10.9. The van der Waals surface area contributed by atoms with E-state index in [-0.39, 0.29) is 25.5 Å². The summed E-state index contributed by atoms with van der Waals surface area (Å²) in [5.41, 5.74) is 0. The summed E-state index contributed by atoms with van der Waals surface area (Å²) >= 11 is 0. The number of carbonyl (C=O) groups excluding carboxylic acids is 2. The highest BCUT2D eigenvalue weighted by molar-refractivity contribution is 5.96. The molecule has 12 heavy (non-hydrogen) atoms. The first kappa shape index (κ1) is 8.56. The molecule has 1 fully saturated rings. The molecule has 0 aromatic heterocycles. The summed E-state index contributed by atoms with van der Waals surface area (Å²) in [6.45, 7) is 0.286. The van der Waals surface area contributed by atoms with Crippen molar-refractivity contribution in [1.82, 2.24) is 10.4 Å². The molecule has 5 nitrogen and oxygen atoms in total. The first-order valence-electron chi connectivity index (χ1n) is 3.42. The van der Waals surface area contributed by atoms with Gasteiger partial charge in [-0.15, -0.1) is 6.42 Å². The average molecular weight is 168 g/mol. The molecular weight excluding hydrogens is 160 g/mol. The zero-order chi connectivity index (χ0) is 8.97. The quantitative estimate of drug-likeness (QED) is 0.565. The van der Waals surface area contributed by atoms with E-state index in [2.05, 4.69) is 11.2 Å². The van der Waals surface area contributed by atoms with E-state index in [9.17, 15) is 9.59 Å². The van der Waals surface area contributed by atoms with E-state index in [1.165, 1.54) is 0 Å². The Bertz CT molecular complexity index is 244. The lowest BCUT2D eigenvalue weighted by atomic mass is 10.3. The predicted molar refractivity (Wildman–Crippen MR) is 39.6 cm³/mol. The van der Waals surface area contributed by atoms with Crippen molar-refractivity contribution in [3.63, 3.8) is 0 Å². The number of hydroxylamine groups is 2. The maximum Gasteiger partial charge on any atom is 0.348 e. The fraction of sp³-hybridized carbons (Fsp3) is 0.429. The van der Waals surface area contributed by atoms with Crippen LogP contribution in [0, 0.1) is 12.3 Å². The van der Waals surface area contributed by atoms with Gasteiger partial charge in [0.15, 0.2) is 0 Å². The first-order valence-corrected chi connectivity index (χ1v) is 3.42. The lowest BCUT2D eigenvalue weighted by Gasteiger charge is -2.24. The Morgan fingerprint density at radius 3 is 3.00 bits per heavy atom. The van der Waals surface area contributed by atoms with Gasteiger partial charge in [0.2, 0.25) is 5.91 Å². The minimum absolute atomic E-state index is 0.0294. The summed E-state index contributed by atoms with van der Waals surface area (Å²) in [4.78, 5) is 26.4. The van der Waals surface area contributed by atoms with Crippen molar-refractivity contribution >= 4 is 11.9 Å². The molecule has 0 saturated carbocycles. The third kappa shape index (κ3) is 1.97. The van der Waals surface area contributed by atoms with Crippen LogP contribution in [-0.4, -0.2) is 30.2 Å². The molecule has 1 aliphatic rings. The number of terminal acetylenes is 1. The third-order valence-electron chi connectivity index (χ3n) is 1.32. The maximum absolute atomic E-state index is 10.9. The second-order valence-corrected chi connectivity index (χ2v) is 2.18. The predicted octanol–water partition coefficient (Wildman–Crippen LogP) is -0.507. The molecule has 0 aromatic carbocycles. The molecule has 1 heterocycles. The molecule has 0 aromatic rings. The topological polar surface area (TPSA) is 58.6 Å². The first-order chi connectivity index (χ1) is 5.74. The highest BCUT2D eigenvalue weighted by atomic mass is 16.7. The Hall–Kier alpha value is -1.54. The van der Waals surface area contributed by atoms with Gasteiger partial charge in [-0.2, -0.15) is 0 Å². The molecule has 0 bridgehead atoms. The zero-order valence-electron chi connectivity index (χ0n) is 6.37. The average Bonchev–Trinajstić information content (AvgIpc) is 2.03. The van der Waals surface area contributed by atoms with E-state index in [1.54, 1.807) is 0 Å². The van der Waals surface area contributed by atoms with Gasteiger partial charge in [0.05, 0.1) is 6.54 Å². The summed E-state index contributed by atoms with van der Waals surface area (Å²) in [5, 5.41) is 3.14. The van der Waals surface area contributed by atoms with Crippen molar-refractivity contribution < 1.29 is 14.4 Å². The Morgan fingerprint density at radius 2 is 2.42 bits per heavy atom. The van der Waals surface area contributed by atoms with Gasteiger partial charge in [0.1, 0.15) is 6.61 Å². The Balaban J connectivity index is 2.41. The van der Waals surface area contributed by atoms with Crippen LogP contribution in [0.1, 0.15) is 6.42 Å². The molecule has 0 radical (unpaired) electrons. The minimum atomic E-state index is -0.554. The Morgan fingerprint density at radius 1 is 1.67 bits per heavy atom. The zero-order valence-corrected chi connectivity index (χ0v) is 6.37. The molecule has 1 aliphatic heterocycles. The van der Waals surface area contributed by atoms with Crippen molar-refractivity contribution in [1.29, 1.82) is 0 Å². The molecule has 64 valence electrons. The molecule has 0 spiro atoms. The van der Waals surface area contributed by atoms with Crippen LogP contribution in [0.4, 0.5) is 4.79 Å². The van der Waals surface area contributed by atoms with Crippen LogP contribution in [0.5, 0.6) is 0 Å². The number of nitrogens with one attached hydrogen (secondary N) is 1. The van der Waals surface area contributed by atoms with E-state index in [0.29, 0.717) is 0 Å². The van der Waals surface area contributed by atoms with Gasteiger partial charge in [0, 0.05) is 6.42 Å². The molecule has 1 saturated heterocycles. The normalized spacial score (nSPS) is 17.1. The molecule has 5 heteroatoms. The number of imide groups is 1. The number of hydrogen-bond donors (Lipinski definition) is 1. The number of rotatable bonds is 2. The summed E-state index contributed by atoms with van der Waals surface area (Å²) < 4.78 is 0. The molecule has 0 unspecified atom stereocenters. The van der Waals surface area contributed by atoms with Gasteiger partial charge in [-0.25, -0.2) is 9.86 Å². The fourth-order valence-electron chi connectivity index (χ4n) is 0.787.